The topological polar surface area (TPSA) is 32.7 Å². The predicted molar refractivity (Wildman–Crippen MR) is 73.8 cm³/mol. The Morgan fingerprint density at radius 3 is 2.72 bits per heavy atom. The van der Waals surface area contributed by atoms with E-state index in [0.717, 1.165) is 23.4 Å². The average molecular weight is 247 g/mol. The molecule has 0 spiro atoms. The Morgan fingerprint density at radius 1 is 1.33 bits per heavy atom. The summed E-state index contributed by atoms with van der Waals surface area (Å²) in [5, 5.41) is 8.67. The van der Waals surface area contributed by atoms with Gasteiger partial charge in [-0.15, -0.1) is 0 Å². The summed E-state index contributed by atoms with van der Waals surface area (Å²) in [5.74, 6) is 6.84. The molecule has 0 bridgehead atoms. The van der Waals surface area contributed by atoms with Gasteiger partial charge in [-0.3, -0.25) is 0 Å². The van der Waals surface area contributed by atoms with Crippen LogP contribution in [0.2, 0.25) is 0 Å². The number of rotatable bonds is 5. The van der Waals surface area contributed by atoms with E-state index in [9.17, 15) is 0 Å². The van der Waals surface area contributed by atoms with Crippen LogP contribution in [-0.2, 0) is 0 Å². The van der Waals surface area contributed by atoms with Gasteiger partial charge in [-0.05, 0) is 44.8 Å². The van der Waals surface area contributed by atoms with Gasteiger partial charge in [0.25, 0.3) is 0 Å². The number of nitrogens with zero attached hydrogens (tertiary/aromatic N) is 1. The van der Waals surface area contributed by atoms with Gasteiger partial charge in [0, 0.05) is 18.5 Å². The largest absolute Gasteiger partial charge is 0.492 e. The number of aliphatic hydroxyl groups is 1. The molecular formula is C15H21NO2. The Morgan fingerprint density at radius 2 is 2.11 bits per heavy atom. The van der Waals surface area contributed by atoms with Crippen LogP contribution in [0.1, 0.15) is 17.5 Å². The molecule has 0 radical (unpaired) electrons. The summed E-state index contributed by atoms with van der Waals surface area (Å²) in [6, 6.07) is 5.90. The van der Waals surface area contributed by atoms with E-state index in [0.29, 0.717) is 13.0 Å². The Kier molecular flexibility index (Phi) is 6.27. The zero-order valence-electron chi connectivity index (χ0n) is 11.4. The van der Waals surface area contributed by atoms with E-state index in [-0.39, 0.29) is 6.61 Å². The minimum Gasteiger partial charge on any atom is -0.492 e. The van der Waals surface area contributed by atoms with Crippen molar-refractivity contribution in [1.82, 2.24) is 4.90 Å². The molecule has 1 N–H and O–H groups in total. The van der Waals surface area contributed by atoms with Gasteiger partial charge in [-0.1, -0.05) is 11.8 Å². The third-order valence-electron chi connectivity index (χ3n) is 2.46. The van der Waals surface area contributed by atoms with Gasteiger partial charge < -0.3 is 14.7 Å². The van der Waals surface area contributed by atoms with Gasteiger partial charge in [0.15, 0.2) is 0 Å². The lowest BCUT2D eigenvalue weighted by Crippen LogP contribution is -2.19. The first kappa shape index (κ1) is 14.6. The summed E-state index contributed by atoms with van der Waals surface area (Å²) in [6.45, 7) is 3.71. The second kappa shape index (κ2) is 7.75. The predicted octanol–water partition coefficient (Wildman–Crippen LogP) is 1.67. The first-order valence-electron chi connectivity index (χ1n) is 6.11. The van der Waals surface area contributed by atoms with Crippen LogP contribution >= 0.6 is 0 Å². The van der Waals surface area contributed by atoms with Crippen LogP contribution in [0.5, 0.6) is 5.75 Å². The van der Waals surface area contributed by atoms with Crippen LogP contribution in [0.3, 0.4) is 0 Å². The second-order valence-corrected chi connectivity index (χ2v) is 4.40. The van der Waals surface area contributed by atoms with Crippen molar-refractivity contribution in [2.75, 3.05) is 33.9 Å². The van der Waals surface area contributed by atoms with Crippen LogP contribution in [-0.4, -0.2) is 43.9 Å². The summed E-state index contributed by atoms with van der Waals surface area (Å²) in [7, 11) is 4.04. The number of aliphatic hydroxyl groups excluding tert-OH is 1. The van der Waals surface area contributed by atoms with Crippen LogP contribution in [0.25, 0.3) is 0 Å². The van der Waals surface area contributed by atoms with Crippen molar-refractivity contribution in [1.29, 1.82) is 0 Å². The van der Waals surface area contributed by atoms with Gasteiger partial charge in [0.05, 0.1) is 6.61 Å². The van der Waals surface area contributed by atoms with Crippen molar-refractivity contribution in [2.24, 2.45) is 0 Å². The summed E-state index contributed by atoms with van der Waals surface area (Å²) < 4.78 is 5.65. The fraction of sp³-hybridized carbons (Fsp3) is 0.467. The lowest BCUT2D eigenvalue weighted by molar-refractivity contribution is 0.261. The van der Waals surface area contributed by atoms with E-state index in [2.05, 4.69) is 16.7 Å². The summed E-state index contributed by atoms with van der Waals surface area (Å²) >= 11 is 0. The molecule has 3 nitrogen and oxygen atoms in total. The summed E-state index contributed by atoms with van der Waals surface area (Å²) in [6.07, 6.45) is 0.514. The number of aryl methyl sites for hydroxylation is 1. The lowest BCUT2D eigenvalue weighted by Gasteiger charge is -2.11. The van der Waals surface area contributed by atoms with E-state index in [1.807, 2.05) is 39.2 Å². The Bertz CT molecular complexity index is 430. The molecule has 0 fully saturated rings. The molecule has 0 aliphatic heterocycles. The maximum absolute atomic E-state index is 8.67. The fourth-order valence-electron chi connectivity index (χ4n) is 1.43. The number of benzene rings is 1. The molecule has 1 aromatic carbocycles. The van der Waals surface area contributed by atoms with Crippen molar-refractivity contribution in [3.63, 3.8) is 0 Å². The Balaban J connectivity index is 2.60. The number of hydrogen-bond donors (Lipinski definition) is 1. The average Bonchev–Trinajstić information content (AvgIpc) is 2.31. The van der Waals surface area contributed by atoms with E-state index >= 15 is 0 Å². The molecule has 98 valence electrons. The smallest absolute Gasteiger partial charge is 0.119 e. The zero-order valence-corrected chi connectivity index (χ0v) is 11.4. The molecule has 3 heteroatoms. The monoisotopic (exact) mass is 247 g/mol. The Labute approximate surface area is 109 Å². The minimum atomic E-state index is 0.109. The SMILES string of the molecule is Cc1cc(OCCN(C)C)ccc1C#CCCO. The molecule has 0 unspecified atom stereocenters. The minimum absolute atomic E-state index is 0.109. The van der Waals surface area contributed by atoms with E-state index in [4.69, 9.17) is 9.84 Å². The molecule has 1 rings (SSSR count). The van der Waals surface area contributed by atoms with Gasteiger partial charge in [0.2, 0.25) is 0 Å². The van der Waals surface area contributed by atoms with Gasteiger partial charge in [0.1, 0.15) is 12.4 Å². The quantitative estimate of drug-likeness (QED) is 0.803. The molecule has 0 aliphatic carbocycles. The van der Waals surface area contributed by atoms with Crippen molar-refractivity contribution in [3.8, 4) is 17.6 Å². The molecule has 0 aromatic heterocycles. The molecule has 0 atom stereocenters. The third kappa shape index (κ3) is 5.22. The maximum Gasteiger partial charge on any atom is 0.119 e. The normalized spacial score (nSPS) is 10.1. The van der Waals surface area contributed by atoms with Crippen molar-refractivity contribution >= 4 is 0 Å². The number of hydrogen-bond acceptors (Lipinski definition) is 3. The van der Waals surface area contributed by atoms with Gasteiger partial charge in [-0.25, -0.2) is 0 Å². The third-order valence-corrected chi connectivity index (χ3v) is 2.46. The first-order valence-corrected chi connectivity index (χ1v) is 6.11. The van der Waals surface area contributed by atoms with Gasteiger partial charge in [-0.2, -0.15) is 0 Å². The maximum atomic E-state index is 8.67. The van der Waals surface area contributed by atoms with Crippen molar-refractivity contribution in [2.45, 2.75) is 13.3 Å². The molecule has 0 saturated heterocycles. The molecule has 0 aliphatic rings. The molecule has 0 saturated carbocycles. The fourth-order valence-corrected chi connectivity index (χ4v) is 1.43. The highest BCUT2D eigenvalue weighted by atomic mass is 16.5. The number of ether oxygens (including phenoxy) is 1. The molecule has 0 amide bonds. The molecular weight excluding hydrogens is 226 g/mol. The molecule has 0 heterocycles. The van der Waals surface area contributed by atoms with E-state index in [1.165, 1.54) is 0 Å². The Hall–Kier alpha value is -1.50. The number of likely N-dealkylation sites (N-methyl/N-ethyl adjacent to an activating group) is 1. The highest BCUT2D eigenvalue weighted by Gasteiger charge is 1.99. The lowest BCUT2D eigenvalue weighted by atomic mass is 10.1. The zero-order chi connectivity index (χ0) is 13.4. The van der Waals surface area contributed by atoms with E-state index < -0.39 is 0 Å². The van der Waals surface area contributed by atoms with Crippen molar-refractivity contribution < 1.29 is 9.84 Å². The van der Waals surface area contributed by atoms with Crippen LogP contribution in [0.15, 0.2) is 18.2 Å². The molecule has 18 heavy (non-hydrogen) atoms. The van der Waals surface area contributed by atoms with Crippen molar-refractivity contribution in [3.05, 3.63) is 29.3 Å². The standard InChI is InChI=1S/C15H21NO2/c1-13-12-15(18-11-9-16(2)3)8-7-14(13)6-4-5-10-17/h7-8,12,17H,5,9-11H2,1-3H3. The van der Waals surface area contributed by atoms with Crippen LogP contribution in [0.4, 0.5) is 0 Å². The summed E-state index contributed by atoms with van der Waals surface area (Å²) in [4.78, 5) is 2.08. The van der Waals surface area contributed by atoms with Crippen LogP contribution in [0, 0.1) is 18.8 Å². The summed E-state index contributed by atoms with van der Waals surface area (Å²) in [5.41, 5.74) is 2.09. The highest BCUT2D eigenvalue weighted by Crippen LogP contribution is 2.16. The second-order valence-electron chi connectivity index (χ2n) is 4.40. The molecule has 1 aromatic rings. The van der Waals surface area contributed by atoms with Gasteiger partial charge >= 0.3 is 0 Å². The van der Waals surface area contributed by atoms with E-state index in [1.54, 1.807) is 0 Å². The first-order chi connectivity index (χ1) is 8.63. The van der Waals surface area contributed by atoms with Crippen LogP contribution < -0.4 is 4.74 Å². The highest BCUT2D eigenvalue weighted by molar-refractivity contribution is 5.44.